The van der Waals surface area contributed by atoms with E-state index in [9.17, 15) is 9.59 Å². The van der Waals surface area contributed by atoms with Crippen molar-refractivity contribution in [3.63, 3.8) is 0 Å². The van der Waals surface area contributed by atoms with Crippen molar-refractivity contribution in [3.05, 3.63) is 54.6 Å². The van der Waals surface area contributed by atoms with Gasteiger partial charge in [-0.2, -0.15) is 0 Å². The summed E-state index contributed by atoms with van der Waals surface area (Å²) in [5.41, 5.74) is 0.642. The maximum absolute atomic E-state index is 12.4. The van der Waals surface area contributed by atoms with Crippen LogP contribution in [0.1, 0.15) is 0 Å². The van der Waals surface area contributed by atoms with Crippen molar-refractivity contribution in [2.24, 2.45) is 0 Å². The number of hydrogen-bond donors (Lipinski definition) is 3. The van der Waals surface area contributed by atoms with Crippen molar-refractivity contribution in [3.8, 4) is 0 Å². The molecule has 27 heavy (non-hydrogen) atoms. The Hall–Kier alpha value is -2.15. The van der Waals surface area contributed by atoms with Crippen LogP contribution in [0.5, 0.6) is 0 Å². The quantitative estimate of drug-likeness (QED) is 0.485. The van der Waals surface area contributed by atoms with E-state index in [1.54, 1.807) is 29.2 Å². The lowest BCUT2D eigenvalue weighted by atomic mass is 10.3. The molecule has 0 aromatic heterocycles. The molecular weight excluding hydrogens is 364 g/mol. The highest BCUT2D eigenvalue weighted by Crippen LogP contribution is 2.19. The summed E-state index contributed by atoms with van der Waals surface area (Å²) in [4.78, 5) is 28.9. The standard InChI is InChI=1S/C20H27ClN4O2/c1-3-9-25(10-4-2)20(27)16-24-13-11-23(12-14-24)15-19(26)22-18-8-6-5-7-17(18)21/h3-8H,1-2,9-16H2,(H,22,26)/p+2. The lowest BCUT2D eigenvalue weighted by molar-refractivity contribution is -1.00. The minimum absolute atomic E-state index is 0.0410. The topological polar surface area (TPSA) is 58.3 Å². The summed E-state index contributed by atoms with van der Waals surface area (Å²) >= 11 is 6.08. The van der Waals surface area contributed by atoms with Gasteiger partial charge < -0.3 is 20.0 Å². The number of hydrogen-bond acceptors (Lipinski definition) is 2. The molecule has 0 atom stereocenters. The number of para-hydroxylation sites is 1. The Balaban J connectivity index is 1.75. The first-order valence-corrected chi connectivity index (χ1v) is 9.62. The molecule has 1 aromatic rings. The van der Waals surface area contributed by atoms with Crippen LogP contribution in [-0.2, 0) is 9.59 Å². The average Bonchev–Trinajstić information content (AvgIpc) is 2.65. The summed E-state index contributed by atoms with van der Waals surface area (Å²) in [5, 5.41) is 3.40. The van der Waals surface area contributed by atoms with E-state index >= 15 is 0 Å². The number of carbonyl (C=O) groups excluding carboxylic acids is 2. The minimum atomic E-state index is -0.0410. The molecule has 1 aromatic carbocycles. The van der Waals surface area contributed by atoms with Crippen molar-refractivity contribution in [2.75, 3.05) is 57.7 Å². The molecular formula is C20H29ClN4O2+2. The molecule has 1 saturated heterocycles. The third kappa shape index (κ3) is 6.82. The molecule has 1 aliphatic heterocycles. The van der Waals surface area contributed by atoms with Crippen LogP contribution in [0, 0.1) is 0 Å². The fourth-order valence-electron chi connectivity index (χ4n) is 3.21. The highest BCUT2D eigenvalue weighted by molar-refractivity contribution is 6.33. The number of carbonyl (C=O) groups is 2. The summed E-state index contributed by atoms with van der Waals surface area (Å²) in [5.74, 6) is 0.0745. The number of nitrogens with one attached hydrogen (secondary N) is 3. The molecule has 0 aliphatic carbocycles. The zero-order valence-electron chi connectivity index (χ0n) is 15.7. The zero-order chi connectivity index (χ0) is 19.6. The van der Waals surface area contributed by atoms with Crippen molar-refractivity contribution in [1.82, 2.24) is 4.90 Å². The number of anilines is 1. The van der Waals surface area contributed by atoms with Crippen LogP contribution in [0.15, 0.2) is 49.6 Å². The molecule has 0 saturated carbocycles. The van der Waals surface area contributed by atoms with Gasteiger partial charge >= 0.3 is 0 Å². The van der Waals surface area contributed by atoms with Gasteiger partial charge in [0.1, 0.15) is 26.2 Å². The molecule has 6 nitrogen and oxygen atoms in total. The number of halogens is 1. The smallest absolute Gasteiger partial charge is 0.279 e. The van der Waals surface area contributed by atoms with Crippen LogP contribution in [0.3, 0.4) is 0 Å². The van der Waals surface area contributed by atoms with Gasteiger partial charge in [0.15, 0.2) is 13.1 Å². The van der Waals surface area contributed by atoms with E-state index in [1.807, 2.05) is 12.1 Å². The van der Waals surface area contributed by atoms with E-state index < -0.39 is 0 Å². The van der Waals surface area contributed by atoms with Gasteiger partial charge in [-0.15, -0.1) is 13.2 Å². The Labute approximate surface area is 166 Å². The Morgan fingerprint density at radius 2 is 1.59 bits per heavy atom. The van der Waals surface area contributed by atoms with Crippen LogP contribution < -0.4 is 15.1 Å². The largest absolute Gasteiger partial charge is 0.330 e. The first-order chi connectivity index (χ1) is 13.0. The van der Waals surface area contributed by atoms with Crippen LogP contribution in [0.4, 0.5) is 5.69 Å². The monoisotopic (exact) mass is 392 g/mol. The molecule has 1 heterocycles. The first-order valence-electron chi connectivity index (χ1n) is 9.24. The number of piperazine rings is 1. The van der Waals surface area contributed by atoms with Gasteiger partial charge in [0.05, 0.1) is 10.7 Å². The van der Waals surface area contributed by atoms with E-state index in [1.165, 1.54) is 9.80 Å². The van der Waals surface area contributed by atoms with Gasteiger partial charge in [0.25, 0.3) is 11.8 Å². The SMILES string of the molecule is C=CCN(CC=C)C(=O)C[NH+]1CC[NH+](CC(=O)Nc2ccccc2Cl)CC1. The second-order valence-corrected chi connectivity index (χ2v) is 7.16. The van der Waals surface area contributed by atoms with E-state index in [-0.39, 0.29) is 11.8 Å². The van der Waals surface area contributed by atoms with Crippen molar-refractivity contribution >= 4 is 29.1 Å². The molecule has 7 heteroatoms. The third-order valence-electron chi connectivity index (χ3n) is 4.68. The maximum Gasteiger partial charge on any atom is 0.279 e. The van der Waals surface area contributed by atoms with Gasteiger partial charge in [-0.1, -0.05) is 35.9 Å². The number of amides is 2. The van der Waals surface area contributed by atoms with Gasteiger partial charge in [0, 0.05) is 13.1 Å². The van der Waals surface area contributed by atoms with Crippen molar-refractivity contribution in [2.45, 2.75) is 0 Å². The second-order valence-electron chi connectivity index (χ2n) is 6.76. The van der Waals surface area contributed by atoms with Crippen molar-refractivity contribution < 1.29 is 19.4 Å². The van der Waals surface area contributed by atoms with Gasteiger partial charge in [0.2, 0.25) is 0 Å². The molecule has 3 N–H and O–H groups in total. The van der Waals surface area contributed by atoms with E-state index in [0.717, 1.165) is 26.2 Å². The summed E-state index contributed by atoms with van der Waals surface area (Å²) < 4.78 is 0. The highest BCUT2D eigenvalue weighted by atomic mass is 35.5. The fourth-order valence-corrected chi connectivity index (χ4v) is 3.39. The highest BCUT2D eigenvalue weighted by Gasteiger charge is 2.27. The maximum atomic E-state index is 12.4. The van der Waals surface area contributed by atoms with Crippen LogP contribution in [-0.4, -0.2) is 69.1 Å². The van der Waals surface area contributed by atoms with Crippen molar-refractivity contribution in [1.29, 1.82) is 0 Å². The molecule has 2 amide bonds. The normalized spacial score (nSPS) is 19.1. The molecule has 2 rings (SSSR count). The summed E-state index contributed by atoms with van der Waals surface area (Å²) in [6, 6.07) is 7.22. The van der Waals surface area contributed by atoms with Gasteiger partial charge in [-0.05, 0) is 12.1 Å². The number of rotatable bonds is 9. The summed E-state index contributed by atoms with van der Waals surface area (Å²) in [6.07, 6.45) is 3.47. The molecule has 146 valence electrons. The van der Waals surface area contributed by atoms with E-state index in [2.05, 4.69) is 18.5 Å². The lowest BCUT2D eigenvalue weighted by Crippen LogP contribution is -3.28. The fraction of sp³-hybridized carbons (Fsp3) is 0.400. The predicted molar refractivity (Wildman–Crippen MR) is 108 cm³/mol. The average molecular weight is 393 g/mol. The Bertz CT molecular complexity index is 662. The van der Waals surface area contributed by atoms with Gasteiger partial charge in [-0.25, -0.2) is 0 Å². The molecule has 0 bridgehead atoms. The lowest BCUT2D eigenvalue weighted by Gasteiger charge is -2.30. The molecule has 0 unspecified atom stereocenters. The second kappa shape index (κ2) is 10.9. The Morgan fingerprint density at radius 3 is 2.15 bits per heavy atom. The molecule has 0 spiro atoms. The summed E-state index contributed by atoms with van der Waals surface area (Å²) in [7, 11) is 0. The minimum Gasteiger partial charge on any atom is -0.330 e. The predicted octanol–water partition coefficient (Wildman–Crippen LogP) is -0.737. The number of nitrogens with zero attached hydrogens (tertiary/aromatic N) is 1. The Kier molecular flexibility index (Phi) is 8.51. The molecule has 1 aliphatic rings. The first kappa shape index (κ1) is 21.2. The number of benzene rings is 1. The van der Waals surface area contributed by atoms with Crippen LogP contribution >= 0.6 is 11.6 Å². The molecule has 0 radical (unpaired) electrons. The number of quaternary nitrogens is 2. The zero-order valence-corrected chi connectivity index (χ0v) is 16.4. The Morgan fingerprint density at radius 1 is 1.04 bits per heavy atom. The van der Waals surface area contributed by atoms with Crippen LogP contribution in [0.2, 0.25) is 5.02 Å². The van der Waals surface area contributed by atoms with Gasteiger partial charge in [-0.3, -0.25) is 9.59 Å². The van der Waals surface area contributed by atoms with E-state index in [4.69, 9.17) is 11.6 Å². The molecule has 1 fully saturated rings. The van der Waals surface area contributed by atoms with E-state index in [0.29, 0.717) is 36.9 Å². The third-order valence-corrected chi connectivity index (χ3v) is 5.01. The van der Waals surface area contributed by atoms with Crippen LogP contribution in [0.25, 0.3) is 0 Å². The summed E-state index contributed by atoms with van der Waals surface area (Å²) in [6.45, 7) is 12.8.